The Morgan fingerprint density at radius 3 is 1.37 bits per heavy atom. The number of fused-ring (bicyclic) bond motifs is 6. The molecule has 0 aliphatic carbocycles. The van der Waals surface area contributed by atoms with Crippen molar-refractivity contribution in [2.24, 2.45) is 0 Å². The molecule has 3 heteroatoms. The molecular formula is C60H40N2S. The fourth-order valence-electron chi connectivity index (χ4n) is 9.32. The highest BCUT2D eigenvalue weighted by molar-refractivity contribution is 7.25. The van der Waals surface area contributed by atoms with Crippen LogP contribution in [0.1, 0.15) is 0 Å². The van der Waals surface area contributed by atoms with Gasteiger partial charge >= 0.3 is 0 Å². The molecule has 0 saturated carbocycles. The minimum atomic E-state index is 1.08. The van der Waals surface area contributed by atoms with Crippen molar-refractivity contribution in [3.8, 4) is 50.2 Å². The molecular weight excluding hydrogens is 781 g/mol. The van der Waals surface area contributed by atoms with Crippen molar-refractivity contribution in [2.75, 3.05) is 4.90 Å². The lowest BCUT2D eigenvalue weighted by Crippen LogP contribution is -2.11. The number of aromatic nitrogens is 1. The van der Waals surface area contributed by atoms with Crippen LogP contribution in [0.2, 0.25) is 0 Å². The fraction of sp³-hybridized carbons (Fsp3) is 0. The van der Waals surface area contributed by atoms with Gasteiger partial charge in [0.05, 0.1) is 16.7 Å². The number of benzene rings is 10. The van der Waals surface area contributed by atoms with Gasteiger partial charge in [0.2, 0.25) is 0 Å². The lowest BCUT2D eigenvalue weighted by Gasteiger charge is -2.29. The molecule has 63 heavy (non-hydrogen) atoms. The summed E-state index contributed by atoms with van der Waals surface area (Å²) in [7, 11) is 0. The Morgan fingerprint density at radius 2 is 0.762 bits per heavy atom. The third kappa shape index (κ3) is 6.58. The molecule has 12 rings (SSSR count). The Balaban J connectivity index is 1.09. The summed E-state index contributed by atoms with van der Waals surface area (Å²) in [5, 5.41) is 5.03. The highest BCUT2D eigenvalue weighted by atomic mass is 32.1. The molecule has 0 fully saturated rings. The summed E-state index contributed by atoms with van der Waals surface area (Å²) in [6.45, 7) is 0. The second-order valence-corrected chi connectivity index (χ2v) is 17.2. The van der Waals surface area contributed by atoms with E-state index in [-0.39, 0.29) is 0 Å². The summed E-state index contributed by atoms with van der Waals surface area (Å²) in [6, 6.07) is 88.5. The van der Waals surface area contributed by atoms with E-state index in [0.717, 1.165) is 28.3 Å². The molecule has 0 radical (unpaired) electrons. The SMILES string of the molecule is c1ccc(-c2ccc(-c3ccc(N(c4ccc(-c5ccccc5)cc4)c4cc5c(cc4-c4ccc6sc7ccccc7c6c4)c4ccccc4n5-c4ccccc4)cc3)cc2)cc1. The number of anilines is 3. The van der Waals surface area contributed by atoms with Gasteiger partial charge in [0, 0.05) is 53.6 Å². The van der Waals surface area contributed by atoms with E-state index < -0.39 is 0 Å². The van der Waals surface area contributed by atoms with Crippen molar-refractivity contribution in [3.63, 3.8) is 0 Å². The summed E-state index contributed by atoms with van der Waals surface area (Å²) in [4.78, 5) is 2.45. The Kier molecular flexibility index (Phi) is 9.06. The first-order chi connectivity index (χ1) is 31.2. The van der Waals surface area contributed by atoms with Gasteiger partial charge in [0.15, 0.2) is 0 Å². The molecule has 12 aromatic rings. The fourth-order valence-corrected chi connectivity index (χ4v) is 10.4. The molecule has 0 spiro atoms. The average Bonchev–Trinajstić information content (AvgIpc) is 3.90. The van der Waals surface area contributed by atoms with Gasteiger partial charge in [-0.3, -0.25) is 0 Å². The normalized spacial score (nSPS) is 11.5. The maximum Gasteiger partial charge on any atom is 0.0562 e. The van der Waals surface area contributed by atoms with Crippen LogP contribution in [-0.4, -0.2) is 4.57 Å². The third-order valence-corrected chi connectivity index (χ3v) is 13.6. The number of rotatable bonds is 8. The zero-order valence-electron chi connectivity index (χ0n) is 34.4. The number of hydrogen-bond donors (Lipinski definition) is 0. The summed E-state index contributed by atoms with van der Waals surface area (Å²) in [5.74, 6) is 0. The molecule has 2 aromatic heterocycles. The van der Waals surface area contributed by atoms with Crippen molar-refractivity contribution in [2.45, 2.75) is 0 Å². The molecule has 10 aromatic carbocycles. The summed E-state index contributed by atoms with van der Waals surface area (Å²) < 4.78 is 5.03. The molecule has 2 nitrogen and oxygen atoms in total. The molecule has 0 atom stereocenters. The number of hydrogen-bond acceptors (Lipinski definition) is 2. The Labute approximate surface area is 370 Å². The van der Waals surface area contributed by atoms with E-state index in [1.807, 2.05) is 11.3 Å². The van der Waals surface area contributed by atoms with E-state index in [1.54, 1.807) is 0 Å². The number of nitrogens with zero attached hydrogens (tertiary/aromatic N) is 2. The van der Waals surface area contributed by atoms with Crippen LogP contribution in [-0.2, 0) is 0 Å². The van der Waals surface area contributed by atoms with Crippen LogP contribution in [0, 0.1) is 0 Å². The standard InChI is InChI=1S/C60H40N2S/c1-4-14-41(15-5-1)43-24-26-44(27-25-43)46-30-35-50(36-31-46)61(49-33-28-45(29-34-49)42-16-6-2-7-17-42)57-40-58-54(51-20-10-12-22-56(51)62(58)48-18-8-3-9-19-48)39-53(57)47-32-37-60-55(38-47)52-21-11-13-23-59(52)63-60/h1-40H. The van der Waals surface area contributed by atoms with Crippen molar-refractivity contribution >= 4 is 70.4 Å². The van der Waals surface area contributed by atoms with E-state index in [4.69, 9.17) is 0 Å². The van der Waals surface area contributed by atoms with Crippen LogP contribution in [0.3, 0.4) is 0 Å². The van der Waals surface area contributed by atoms with Gasteiger partial charge in [-0.15, -0.1) is 11.3 Å². The molecule has 0 bridgehead atoms. The van der Waals surface area contributed by atoms with Gasteiger partial charge in [-0.2, -0.15) is 0 Å². The predicted octanol–water partition coefficient (Wildman–Crippen LogP) is 17.3. The Hall–Kier alpha value is -7.98. The summed E-state index contributed by atoms with van der Waals surface area (Å²) in [6.07, 6.45) is 0. The van der Waals surface area contributed by atoms with E-state index in [9.17, 15) is 0 Å². The second-order valence-electron chi connectivity index (χ2n) is 16.1. The largest absolute Gasteiger partial charge is 0.310 e. The lowest BCUT2D eigenvalue weighted by atomic mass is 9.96. The van der Waals surface area contributed by atoms with Gasteiger partial charge in [-0.05, 0) is 112 Å². The molecule has 0 aliphatic rings. The van der Waals surface area contributed by atoms with Gasteiger partial charge in [0.25, 0.3) is 0 Å². The van der Waals surface area contributed by atoms with Gasteiger partial charge in [-0.25, -0.2) is 0 Å². The van der Waals surface area contributed by atoms with Crippen molar-refractivity contribution in [1.29, 1.82) is 0 Å². The smallest absolute Gasteiger partial charge is 0.0562 e. The van der Waals surface area contributed by atoms with Gasteiger partial charge in [-0.1, -0.05) is 170 Å². The Morgan fingerprint density at radius 1 is 0.302 bits per heavy atom. The monoisotopic (exact) mass is 820 g/mol. The first-order valence-electron chi connectivity index (χ1n) is 21.5. The molecule has 0 N–H and O–H groups in total. The van der Waals surface area contributed by atoms with Crippen LogP contribution in [0.15, 0.2) is 243 Å². The second kappa shape index (κ2) is 15.5. The van der Waals surface area contributed by atoms with Crippen LogP contribution in [0.5, 0.6) is 0 Å². The third-order valence-electron chi connectivity index (χ3n) is 12.4. The lowest BCUT2D eigenvalue weighted by molar-refractivity contribution is 1.18. The van der Waals surface area contributed by atoms with Crippen LogP contribution < -0.4 is 4.90 Å². The summed E-state index contributed by atoms with van der Waals surface area (Å²) >= 11 is 1.86. The first kappa shape index (κ1) is 36.8. The molecule has 296 valence electrons. The quantitative estimate of drug-likeness (QED) is 0.148. The molecule has 2 heterocycles. The maximum absolute atomic E-state index is 2.45. The van der Waals surface area contributed by atoms with Crippen LogP contribution >= 0.6 is 11.3 Å². The minimum Gasteiger partial charge on any atom is -0.310 e. The highest BCUT2D eigenvalue weighted by Crippen LogP contribution is 2.47. The van der Waals surface area contributed by atoms with E-state index in [1.165, 1.54) is 81.0 Å². The Bertz CT molecular complexity index is 3570. The van der Waals surface area contributed by atoms with Crippen molar-refractivity contribution < 1.29 is 0 Å². The van der Waals surface area contributed by atoms with E-state index in [2.05, 4.69) is 252 Å². The average molecular weight is 821 g/mol. The van der Waals surface area contributed by atoms with E-state index >= 15 is 0 Å². The summed E-state index contributed by atoms with van der Waals surface area (Å²) in [5.41, 5.74) is 16.3. The van der Waals surface area contributed by atoms with Crippen molar-refractivity contribution in [1.82, 2.24) is 4.57 Å². The maximum atomic E-state index is 2.45. The first-order valence-corrected chi connectivity index (χ1v) is 22.3. The topological polar surface area (TPSA) is 8.17 Å². The highest BCUT2D eigenvalue weighted by Gasteiger charge is 2.23. The van der Waals surface area contributed by atoms with Crippen LogP contribution in [0.4, 0.5) is 17.1 Å². The van der Waals surface area contributed by atoms with Crippen molar-refractivity contribution in [3.05, 3.63) is 243 Å². The zero-order chi connectivity index (χ0) is 41.7. The number of thiophene rings is 1. The van der Waals surface area contributed by atoms with E-state index in [0.29, 0.717) is 0 Å². The van der Waals surface area contributed by atoms with Crippen LogP contribution in [0.25, 0.3) is 92.2 Å². The molecule has 0 aliphatic heterocycles. The molecule has 0 amide bonds. The molecule has 0 saturated heterocycles. The van der Waals surface area contributed by atoms with Gasteiger partial charge in [0.1, 0.15) is 0 Å². The number of para-hydroxylation sites is 2. The predicted molar refractivity (Wildman–Crippen MR) is 270 cm³/mol. The molecule has 0 unspecified atom stereocenters. The zero-order valence-corrected chi connectivity index (χ0v) is 35.2. The minimum absolute atomic E-state index is 1.08. The van der Waals surface area contributed by atoms with Gasteiger partial charge < -0.3 is 9.47 Å².